The molecule has 2 N–H and O–H groups in total. The second-order valence-electron chi connectivity index (χ2n) is 6.00. The van der Waals surface area contributed by atoms with Crippen molar-refractivity contribution in [3.05, 3.63) is 48.0 Å². The molecule has 1 aliphatic heterocycles. The third-order valence-corrected chi connectivity index (χ3v) is 4.19. The van der Waals surface area contributed by atoms with Crippen molar-refractivity contribution in [2.75, 3.05) is 31.5 Å². The van der Waals surface area contributed by atoms with Gasteiger partial charge in [0.2, 0.25) is 5.91 Å². The van der Waals surface area contributed by atoms with Crippen LogP contribution in [0, 0.1) is 6.92 Å². The van der Waals surface area contributed by atoms with E-state index in [2.05, 4.69) is 20.5 Å². The molecule has 0 bridgehead atoms. The number of anilines is 1. The van der Waals surface area contributed by atoms with E-state index in [1.807, 2.05) is 49.0 Å². The largest absolute Gasteiger partial charge is 0.337 e. The fourth-order valence-corrected chi connectivity index (χ4v) is 2.91. The third-order valence-electron chi connectivity index (χ3n) is 4.19. The van der Waals surface area contributed by atoms with E-state index in [1.165, 1.54) is 5.56 Å². The number of hydrogen-bond acceptors (Lipinski definition) is 4. The number of aryl methyl sites for hydroxylation is 2. The Bertz CT molecular complexity index is 670. The molecule has 24 heavy (non-hydrogen) atoms. The molecule has 0 saturated carbocycles. The molecule has 0 aliphatic carbocycles. The lowest BCUT2D eigenvalue weighted by Gasteiger charge is -2.35. The lowest BCUT2D eigenvalue weighted by molar-refractivity contribution is -0.118. The van der Waals surface area contributed by atoms with Crippen LogP contribution in [0.5, 0.6) is 0 Å². The number of carbonyl (C=O) groups excluding carboxylic acids is 1. The normalized spacial score (nSPS) is 18.0. The minimum Gasteiger partial charge on any atom is -0.337 e. The molecule has 6 nitrogen and oxygen atoms in total. The van der Waals surface area contributed by atoms with Gasteiger partial charge < -0.3 is 15.2 Å². The predicted octanol–water partition coefficient (Wildman–Crippen LogP) is 1.74. The van der Waals surface area contributed by atoms with Gasteiger partial charge in [0, 0.05) is 44.8 Å². The van der Waals surface area contributed by atoms with Crippen LogP contribution in [0.4, 0.5) is 5.69 Å². The topological polar surface area (TPSA) is 62.2 Å². The summed E-state index contributed by atoms with van der Waals surface area (Å²) in [7, 11) is 1.99. The number of benzene rings is 1. The van der Waals surface area contributed by atoms with E-state index < -0.39 is 0 Å². The van der Waals surface area contributed by atoms with E-state index in [-0.39, 0.29) is 24.4 Å². The van der Waals surface area contributed by atoms with Gasteiger partial charge in [-0.05, 0) is 19.1 Å². The smallest absolute Gasteiger partial charge is 0.238 e. The Kier molecular flexibility index (Phi) is 6.36. The summed E-state index contributed by atoms with van der Waals surface area (Å²) in [6, 6.07) is 7.98. The molecule has 1 amide bonds. The molecule has 0 radical (unpaired) electrons. The molecule has 7 heteroatoms. The highest BCUT2D eigenvalue weighted by atomic mass is 35.5. The number of halogens is 1. The number of carbonyl (C=O) groups is 1. The average molecular weight is 350 g/mol. The van der Waals surface area contributed by atoms with Crippen LogP contribution in [0.3, 0.4) is 0 Å². The number of amides is 1. The Balaban J connectivity index is 0.00000208. The van der Waals surface area contributed by atoms with Crippen LogP contribution in [0.1, 0.15) is 17.4 Å². The predicted molar refractivity (Wildman–Crippen MR) is 97.4 cm³/mol. The van der Waals surface area contributed by atoms with E-state index >= 15 is 0 Å². The summed E-state index contributed by atoms with van der Waals surface area (Å²) >= 11 is 0. The number of imidazole rings is 1. The van der Waals surface area contributed by atoms with Gasteiger partial charge in [-0.3, -0.25) is 9.69 Å². The van der Waals surface area contributed by atoms with Gasteiger partial charge in [-0.1, -0.05) is 17.7 Å². The number of nitrogens with zero attached hydrogens (tertiary/aromatic N) is 3. The molecule has 2 aromatic rings. The number of rotatable bonds is 4. The standard InChI is InChI=1S/C17H23N5O.ClH/c1-13-3-5-14(6-4-13)20-16(23)12-22-10-7-18-11-15(22)17-19-8-9-21(17)2;/h3-6,8-9,15,18H,7,10-12H2,1-2H3,(H,20,23);1H. The van der Waals surface area contributed by atoms with Crippen LogP contribution in [0.15, 0.2) is 36.7 Å². The highest BCUT2D eigenvalue weighted by molar-refractivity contribution is 5.92. The lowest BCUT2D eigenvalue weighted by Crippen LogP contribution is -2.49. The van der Waals surface area contributed by atoms with Crippen LogP contribution in [-0.2, 0) is 11.8 Å². The van der Waals surface area contributed by atoms with Gasteiger partial charge in [0.05, 0.1) is 12.6 Å². The molecule has 2 heterocycles. The molecule has 3 rings (SSSR count). The number of aromatic nitrogens is 2. The van der Waals surface area contributed by atoms with Crippen molar-refractivity contribution in [3.8, 4) is 0 Å². The van der Waals surface area contributed by atoms with Crippen molar-refractivity contribution < 1.29 is 4.79 Å². The fourth-order valence-electron chi connectivity index (χ4n) is 2.91. The maximum absolute atomic E-state index is 12.4. The molecule has 1 aliphatic rings. The zero-order valence-electron chi connectivity index (χ0n) is 14.0. The van der Waals surface area contributed by atoms with Gasteiger partial charge in [0.15, 0.2) is 0 Å². The first-order valence-electron chi connectivity index (χ1n) is 7.92. The SMILES string of the molecule is Cc1ccc(NC(=O)CN2CCNCC2c2nccn2C)cc1.Cl. The summed E-state index contributed by atoms with van der Waals surface area (Å²) in [5.74, 6) is 0.996. The van der Waals surface area contributed by atoms with Crippen LogP contribution in [-0.4, -0.2) is 46.5 Å². The number of hydrogen-bond donors (Lipinski definition) is 2. The Hall–Kier alpha value is -1.89. The monoisotopic (exact) mass is 349 g/mol. The molecule has 1 aromatic heterocycles. The summed E-state index contributed by atoms with van der Waals surface area (Å²) < 4.78 is 2.02. The molecule has 1 unspecified atom stereocenters. The van der Waals surface area contributed by atoms with Gasteiger partial charge in [-0.25, -0.2) is 4.98 Å². The fraction of sp³-hybridized carbons (Fsp3) is 0.412. The van der Waals surface area contributed by atoms with Crippen molar-refractivity contribution in [1.29, 1.82) is 0 Å². The zero-order valence-corrected chi connectivity index (χ0v) is 14.8. The van der Waals surface area contributed by atoms with E-state index in [0.29, 0.717) is 6.54 Å². The van der Waals surface area contributed by atoms with Crippen molar-refractivity contribution in [1.82, 2.24) is 19.8 Å². The summed E-state index contributed by atoms with van der Waals surface area (Å²) in [5, 5.41) is 6.35. The molecular formula is C17H24ClN5O. The molecule has 1 aromatic carbocycles. The van der Waals surface area contributed by atoms with E-state index in [0.717, 1.165) is 31.1 Å². The molecule has 0 spiro atoms. The first-order chi connectivity index (χ1) is 11.1. The van der Waals surface area contributed by atoms with Crippen LogP contribution < -0.4 is 10.6 Å². The highest BCUT2D eigenvalue weighted by Crippen LogP contribution is 2.20. The molecule has 1 fully saturated rings. The van der Waals surface area contributed by atoms with E-state index in [1.54, 1.807) is 6.20 Å². The van der Waals surface area contributed by atoms with Crippen molar-refractivity contribution in [3.63, 3.8) is 0 Å². The quantitative estimate of drug-likeness (QED) is 0.882. The summed E-state index contributed by atoms with van der Waals surface area (Å²) in [4.78, 5) is 19.0. The van der Waals surface area contributed by atoms with Crippen LogP contribution in [0.25, 0.3) is 0 Å². The van der Waals surface area contributed by atoms with Crippen LogP contribution >= 0.6 is 12.4 Å². The molecule has 1 atom stereocenters. The van der Waals surface area contributed by atoms with E-state index in [4.69, 9.17) is 0 Å². The Morgan fingerprint density at radius 3 is 2.79 bits per heavy atom. The summed E-state index contributed by atoms with van der Waals surface area (Å²) in [6.07, 6.45) is 3.74. The van der Waals surface area contributed by atoms with E-state index in [9.17, 15) is 4.79 Å². The van der Waals surface area contributed by atoms with Crippen molar-refractivity contribution in [2.24, 2.45) is 7.05 Å². The minimum atomic E-state index is 0. The maximum atomic E-state index is 12.4. The zero-order chi connectivity index (χ0) is 16.2. The van der Waals surface area contributed by atoms with Gasteiger partial charge in [-0.15, -0.1) is 12.4 Å². The first kappa shape index (κ1) is 18.4. The van der Waals surface area contributed by atoms with Gasteiger partial charge in [-0.2, -0.15) is 0 Å². The summed E-state index contributed by atoms with van der Waals surface area (Å²) in [5.41, 5.74) is 2.02. The second kappa shape index (κ2) is 8.28. The minimum absolute atomic E-state index is 0. The average Bonchev–Trinajstić information content (AvgIpc) is 2.96. The first-order valence-corrected chi connectivity index (χ1v) is 7.92. The van der Waals surface area contributed by atoms with Crippen molar-refractivity contribution in [2.45, 2.75) is 13.0 Å². The molecular weight excluding hydrogens is 326 g/mol. The molecule has 130 valence electrons. The lowest BCUT2D eigenvalue weighted by atomic mass is 10.1. The van der Waals surface area contributed by atoms with Crippen LogP contribution in [0.2, 0.25) is 0 Å². The number of nitrogens with one attached hydrogen (secondary N) is 2. The Labute approximate surface area is 148 Å². The van der Waals surface area contributed by atoms with Gasteiger partial charge in [0.1, 0.15) is 5.82 Å². The highest BCUT2D eigenvalue weighted by Gasteiger charge is 2.28. The Morgan fingerprint density at radius 1 is 1.38 bits per heavy atom. The maximum Gasteiger partial charge on any atom is 0.238 e. The second-order valence-corrected chi connectivity index (χ2v) is 6.00. The molecule has 1 saturated heterocycles. The third kappa shape index (κ3) is 4.35. The van der Waals surface area contributed by atoms with Crippen molar-refractivity contribution >= 4 is 24.0 Å². The Morgan fingerprint density at radius 2 is 2.12 bits per heavy atom. The van der Waals surface area contributed by atoms with Gasteiger partial charge in [0.25, 0.3) is 0 Å². The summed E-state index contributed by atoms with van der Waals surface area (Å²) in [6.45, 7) is 4.93. The van der Waals surface area contributed by atoms with Gasteiger partial charge >= 0.3 is 0 Å². The number of piperazine rings is 1.